The van der Waals surface area contributed by atoms with Crippen molar-refractivity contribution in [3.63, 3.8) is 0 Å². The van der Waals surface area contributed by atoms with Gasteiger partial charge in [0.05, 0.1) is 17.5 Å². The summed E-state index contributed by atoms with van der Waals surface area (Å²) < 4.78 is 25.1. The van der Waals surface area contributed by atoms with E-state index in [9.17, 15) is 13.2 Å². The highest BCUT2D eigenvalue weighted by Gasteiger charge is 2.20. The smallest absolute Gasteiger partial charge is 0.271 e. The molecule has 2 aromatic rings. The second-order valence-corrected chi connectivity index (χ2v) is 8.20. The van der Waals surface area contributed by atoms with Gasteiger partial charge in [0.1, 0.15) is 11.5 Å². The van der Waals surface area contributed by atoms with Gasteiger partial charge >= 0.3 is 0 Å². The molecule has 0 saturated carbocycles. The van der Waals surface area contributed by atoms with E-state index in [-0.39, 0.29) is 16.8 Å². The molecule has 0 spiro atoms. The lowest BCUT2D eigenvalue weighted by atomic mass is 10.0. The van der Waals surface area contributed by atoms with Crippen molar-refractivity contribution >= 4 is 15.7 Å². The van der Waals surface area contributed by atoms with Crippen LogP contribution in [0.15, 0.2) is 35.4 Å². The maximum Gasteiger partial charge on any atom is 0.271 e. The minimum atomic E-state index is -3.23. The molecule has 1 aliphatic heterocycles. The Labute approximate surface area is 147 Å². The van der Waals surface area contributed by atoms with Gasteiger partial charge in [0.25, 0.3) is 5.91 Å². The average molecular weight is 362 g/mol. The molecule has 1 aromatic heterocycles. The number of sulfone groups is 1. The maximum atomic E-state index is 12.5. The van der Waals surface area contributed by atoms with Crippen LogP contribution in [0.5, 0.6) is 0 Å². The zero-order valence-corrected chi connectivity index (χ0v) is 15.1. The van der Waals surface area contributed by atoms with Crippen LogP contribution in [0.1, 0.15) is 41.3 Å². The number of imidazole rings is 1. The Kier molecular flexibility index (Phi) is 4.91. The number of hydrogen-bond acceptors (Lipinski definition) is 5. The number of carbonyl (C=O) groups is 1. The van der Waals surface area contributed by atoms with Gasteiger partial charge in [-0.15, -0.1) is 0 Å². The minimum Gasteiger partial charge on any atom is -0.344 e. The van der Waals surface area contributed by atoms with E-state index in [0.717, 1.165) is 24.5 Å². The van der Waals surface area contributed by atoms with Crippen molar-refractivity contribution in [2.24, 2.45) is 0 Å². The van der Waals surface area contributed by atoms with E-state index in [1.165, 1.54) is 6.26 Å². The van der Waals surface area contributed by atoms with Crippen molar-refractivity contribution in [2.45, 2.75) is 37.4 Å². The summed E-state index contributed by atoms with van der Waals surface area (Å²) in [5, 5.41) is 6.21. The van der Waals surface area contributed by atoms with Crippen LogP contribution >= 0.6 is 0 Å². The van der Waals surface area contributed by atoms with Gasteiger partial charge in [-0.1, -0.05) is 19.1 Å². The predicted molar refractivity (Wildman–Crippen MR) is 94.0 cm³/mol. The molecule has 134 valence electrons. The summed E-state index contributed by atoms with van der Waals surface area (Å²) in [4.78, 5) is 17.2. The van der Waals surface area contributed by atoms with Crippen LogP contribution in [0, 0.1) is 0 Å². The summed E-state index contributed by atoms with van der Waals surface area (Å²) >= 11 is 0. The molecule has 0 saturated heterocycles. The number of nitrogens with one attached hydrogen (secondary N) is 2. The van der Waals surface area contributed by atoms with Crippen molar-refractivity contribution in [3.05, 3.63) is 47.5 Å². The first kappa shape index (κ1) is 17.6. The third kappa shape index (κ3) is 3.91. The van der Waals surface area contributed by atoms with E-state index >= 15 is 0 Å². The van der Waals surface area contributed by atoms with E-state index in [2.05, 4.69) is 15.6 Å². The molecule has 1 amide bonds. The fraction of sp³-hybridized carbons (Fsp3) is 0.412. The number of hydrogen-bond donors (Lipinski definition) is 2. The van der Waals surface area contributed by atoms with Crippen molar-refractivity contribution in [2.75, 3.05) is 12.8 Å². The second-order valence-electron chi connectivity index (χ2n) is 6.19. The lowest BCUT2D eigenvalue weighted by molar-refractivity contribution is 0.0930. The van der Waals surface area contributed by atoms with Gasteiger partial charge in [-0.2, -0.15) is 0 Å². The zero-order chi connectivity index (χ0) is 18.0. The molecule has 0 fully saturated rings. The fourth-order valence-corrected chi connectivity index (χ4v) is 3.53. The van der Waals surface area contributed by atoms with Crippen LogP contribution in [0.25, 0.3) is 0 Å². The molecule has 8 heteroatoms. The lowest BCUT2D eigenvalue weighted by Gasteiger charge is -2.17. The van der Waals surface area contributed by atoms with Crippen LogP contribution < -0.4 is 10.6 Å². The van der Waals surface area contributed by atoms with Gasteiger partial charge in [-0.3, -0.25) is 4.79 Å². The van der Waals surface area contributed by atoms with Crippen LogP contribution in [0.3, 0.4) is 0 Å². The summed E-state index contributed by atoms with van der Waals surface area (Å²) in [5.74, 6) is 0.642. The number of benzene rings is 1. The van der Waals surface area contributed by atoms with E-state index in [1.54, 1.807) is 30.5 Å². The average Bonchev–Trinajstić information content (AvgIpc) is 3.03. The highest BCUT2D eigenvalue weighted by molar-refractivity contribution is 7.90. The SMILES string of the molecule is CCC(NC(=O)c1cn2c(n1)CNCC2)c1ccc(S(C)(=O)=O)cc1. The monoisotopic (exact) mass is 362 g/mol. The Morgan fingerprint density at radius 3 is 2.68 bits per heavy atom. The first-order chi connectivity index (χ1) is 11.9. The largest absolute Gasteiger partial charge is 0.344 e. The number of amides is 1. The van der Waals surface area contributed by atoms with E-state index in [0.29, 0.717) is 18.7 Å². The molecule has 2 N–H and O–H groups in total. The van der Waals surface area contributed by atoms with Crippen molar-refractivity contribution < 1.29 is 13.2 Å². The van der Waals surface area contributed by atoms with Gasteiger partial charge in [-0.25, -0.2) is 13.4 Å². The zero-order valence-electron chi connectivity index (χ0n) is 14.3. The van der Waals surface area contributed by atoms with Gasteiger partial charge in [-0.05, 0) is 24.1 Å². The molecule has 0 radical (unpaired) electrons. The quantitative estimate of drug-likeness (QED) is 0.836. The molecule has 7 nitrogen and oxygen atoms in total. The number of rotatable bonds is 5. The number of carbonyl (C=O) groups excluding carboxylic acids is 1. The topological polar surface area (TPSA) is 93.1 Å². The highest BCUT2D eigenvalue weighted by Crippen LogP contribution is 2.20. The summed E-state index contributed by atoms with van der Waals surface area (Å²) in [5.41, 5.74) is 1.28. The Bertz CT molecular complexity index is 848. The Balaban J connectivity index is 1.75. The number of fused-ring (bicyclic) bond motifs is 1. The van der Waals surface area contributed by atoms with Crippen LogP contribution in [-0.4, -0.2) is 36.7 Å². The molecule has 1 aliphatic rings. The summed E-state index contributed by atoms with van der Waals surface area (Å²) in [7, 11) is -3.23. The van der Waals surface area contributed by atoms with Gasteiger partial charge in [0.2, 0.25) is 0 Å². The van der Waals surface area contributed by atoms with Gasteiger partial charge in [0.15, 0.2) is 9.84 Å². The molecule has 1 aromatic carbocycles. The molecule has 1 unspecified atom stereocenters. The molecule has 0 aliphatic carbocycles. The third-order valence-corrected chi connectivity index (χ3v) is 5.46. The standard InChI is InChI=1S/C17H22N4O3S/c1-3-14(12-4-6-13(7-5-12)25(2,23)24)20-17(22)15-11-21-9-8-18-10-16(21)19-15/h4-7,11,14,18H,3,8-10H2,1-2H3,(H,20,22). The first-order valence-electron chi connectivity index (χ1n) is 8.26. The summed E-state index contributed by atoms with van der Waals surface area (Å²) in [6, 6.07) is 6.43. The van der Waals surface area contributed by atoms with Crippen LogP contribution in [0.2, 0.25) is 0 Å². The summed E-state index contributed by atoms with van der Waals surface area (Å²) in [6.45, 7) is 4.31. The molecule has 2 heterocycles. The van der Waals surface area contributed by atoms with Gasteiger partial charge in [0, 0.05) is 25.5 Å². The van der Waals surface area contributed by atoms with Crippen LogP contribution in [-0.2, 0) is 22.9 Å². The highest BCUT2D eigenvalue weighted by atomic mass is 32.2. The third-order valence-electron chi connectivity index (χ3n) is 4.33. The fourth-order valence-electron chi connectivity index (χ4n) is 2.90. The van der Waals surface area contributed by atoms with Gasteiger partial charge < -0.3 is 15.2 Å². The lowest BCUT2D eigenvalue weighted by Crippen LogP contribution is -2.28. The Morgan fingerprint density at radius 1 is 1.36 bits per heavy atom. The summed E-state index contributed by atoms with van der Waals surface area (Å²) in [6.07, 6.45) is 3.65. The molecular formula is C17H22N4O3S. The molecule has 25 heavy (non-hydrogen) atoms. The van der Waals surface area contributed by atoms with E-state index in [4.69, 9.17) is 0 Å². The maximum absolute atomic E-state index is 12.5. The molecular weight excluding hydrogens is 340 g/mol. The van der Waals surface area contributed by atoms with E-state index < -0.39 is 9.84 Å². The predicted octanol–water partition coefficient (Wildman–Crippen LogP) is 1.27. The Morgan fingerprint density at radius 2 is 2.08 bits per heavy atom. The molecule has 0 bridgehead atoms. The van der Waals surface area contributed by atoms with Crippen molar-refractivity contribution in [3.8, 4) is 0 Å². The van der Waals surface area contributed by atoms with Crippen molar-refractivity contribution in [1.29, 1.82) is 0 Å². The Hall–Kier alpha value is -2.19. The second kappa shape index (κ2) is 6.97. The molecule has 1 atom stereocenters. The van der Waals surface area contributed by atoms with E-state index in [1.807, 2.05) is 11.5 Å². The molecule has 3 rings (SSSR count). The normalized spacial score (nSPS) is 15.4. The number of nitrogens with zero attached hydrogens (tertiary/aromatic N) is 2. The van der Waals surface area contributed by atoms with Crippen molar-refractivity contribution in [1.82, 2.24) is 20.2 Å². The number of aromatic nitrogens is 2. The minimum absolute atomic E-state index is 0.196. The first-order valence-corrected chi connectivity index (χ1v) is 10.1. The van der Waals surface area contributed by atoms with Crippen LogP contribution in [0.4, 0.5) is 0 Å².